The maximum Gasteiger partial charge on any atom is 0.216 e. The van der Waals surface area contributed by atoms with Gasteiger partial charge in [-0.2, -0.15) is 4.31 Å². The summed E-state index contributed by atoms with van der Waals surface area (Å²) in [7, 11) is -1.78. The number of β-amino-alcohol motifs (C(OH)–C–C–N with tert-alkyl or cyclic N) is 1. The molecule has 14 heavy (non-hydrogen) atoms. The fraction of sp³-hybridized carbons (Fsp3) is 1.00. The molecule has 0 aromatic heterocycles. The quantitative estimate of drug-likeness (QED) is 0.692. The minimum Gasteiger partial charge on any atom is -0.389 e. The Morgan fingerprint density at radius 3 is 2.64 bits per heavy atom. The van der Waals surface area contributed by atoms with Crippen LogP contribution in [0.2, 0.25) is 0 Å². The van der Waals surface area contributed by atoms with Gasteiger partial charge in [0.05, 0.1) is 18.0 Å². The lowest BCUT2D eigenvalue weighted by Crippen LogP contribution is -2.36. The van der Waals surface area contributed by atoms with Gasteiger partial charge in [0.2, 0.25) is 10.0 Å². The van der Waals surface area contributed by atoms with E-state index in [2.05, 4.69) is 0 Å². The fourth-order valence-electron chi connectivity index (χ4n) is 1.46. The van der Waals surface area contributed by atoms with Gasteiger partial charge in [0, 0.05) is 20.2 Å². The molecule has 1 aliphatic rings. The average molecular weight is 223 g/mol. The molecule has 6 heteroatoms. The Balaban J connectivity index is 2.58. The Morgan fingerprint density at radius 1 is 1.57 bits per heavy atom. The highest BCUT2D eigenvalue weighted by Crippen LogP contribution is 2.22. The van der Waals surface area contributed by atoms with Gasteiger partial charge >= 0.3 is 0 Å². The van der Waals surface area contributed by atoms with Gasteiger partial charge in [-0.15, -0.1) is 0 Å². The first-order chi connectivity index (χ1) is 6.37. The van der Waals surface area contributed by atoms with Gasteiger partial charge in [0.15, 0.2) is 0 Å². The van der Waals surface area contributed by atoms with E-state index < -0.39 is 15.6 Å². The van der Waals surface area contributed by atoms with Crippen molar-refractivity contribution in [3.8, 4) is 0 Å². The van der Waals surface area contributed by atoms with Crippen LogP contribution in [-0.2, 0) is 14.8 Å². The molecule has 1 heterocycles. The van der Waals surface area contributed by atoms with Gasteiger partial charge in [-0.3, -0.25) is 0 Å². The highest BCUT2D eigenvalue weighted by atomic mass is 32.2. The van der Waals surface area contributed by atoms with Gasteiger partial charge < -0.3 is 9.84 Å². The van der Waals surface area contributed by atoms with Crippen LogP contribution in [0, 0.1) is 0 Å². The molecule has 1 unspecified atom stereocenters. The van der Waals surface area contributed by atoms with Gasteiger partial charge in [-0.05, 0) is 13.3 Å². The molecule has 1 atom stereocenters. The van der Waals surface area contributed by atoms with Crippen LogP contribution in [-0.4, -0.2) is 56.0 Å². The van der Waals surface area contributed by atoms with Crippen molar-refractivity contribution in [3.05, 3.63) is 0 Å². The molecule has 0 radical (unpaired) electrons. The average Bonchev–Trinajstić information content (AvgIpc) is 2.43. The van der Waals surface area contributed by atoms with Crippen molar-refractivity contribution in [3.63, 3.8) is 0 Å². The topological polar surface area (TPSA) is 66.8 Å². The number of hydrogen-bond donors (Lipinski definition) is 1. The Hall–Kier alpha value is -0.170. The lowest BCUT2D eigenvalue weighted by molar-refractivity contribution is 0.0762. The largest absolute Gasteiger partial charge is 0.389 e. The van der Waals surface area contributed by atoms with Crippen molar-refractivity contribution >= 4 is 10.0 Å². The van der Waals surface area contributed by atoms with Crippen LogP contribution < -0.4 is 0 Å². The molecule has 0 spiro atoms. The molecule has 0 aliphatic carbocycles. The summed E-state index contributed by atoms with van der Waals surface area (Å²) in [6, 6.07) is 0. The zero-order valence-electron chi connectivity index (χ0n) is 8.56. The highest BCUT2D eigenvalue weighted by molar-refractivity contribution is 7.89. The molecular weight excluding hydrogens is 206 g/mol. The number of ether oxygens (including phenoxy) is 1. The van der Waals surface area contributed by atoms with E-state index in [0.717, 1.165) is 0 Å². The molecule has 1 fully saturated rings. The van der Waals surface area contributed by atoms with Crippen molar-refractivity contribution in [2.75, 3.05) is 32.6 Å². The van der Waals surface area contributed by atoms with E-state index in [9.17, 15) is 13.5 Å². The molecule has 0 bridgehead atoms. The number of aliphatic hydroxyl groups is 1. The predicted octanol–water partition coefficient (Wildman–Crippen LogP) is -0.581. The summed E-state index contributed by atoms with van der Waals surface area (Å²) in [5.41, 5.74) is -0.875. The number of hydrogen-bond acceptors (Lipinski definition) is 4. The highest BCUT2D eigenvalue weighted by Gasteiger charge is 2.37. The summed E-state index contributed by atoms with van der Waals surface area (Å²) < 4.78 is 29.3. The van der Waals surface area contributed by atoms with E-state index in [1.807, 2.05) is 0 Å². The molecule has 84 valence electrons. The normalized spacial score (nSPS) is 29.6. The van der Waals surface area contributed by atoms with Gasteiger partial charge in [0.25, 0.3) is 0 Å². The third kappa shape index (κ3) is 2.91. The van der Waals surface area contributed by atoms with Crippen LogP contribution >= 0.6 is 0 Å². The van der Waals surface area contributed by atoms with Crippen molar-refractivity contribution in [1.82, 2.24) is 4.31 Å². The summed E-state index contributed by atoms with van der Waals surface area (Å²) in [6.07, 6.45) is 0.499. The molecule has 1 aliphatic heterocycles. The van der Waals surface area contributed by atoms with E-state index in [0.29, 0.717) is 13.0 Å². The van der Waals surface area contributed by atoms with Crippen LogP contribution in [0.5, 0.6) is 0 Å². The van der Waals surface area contributed by atoms with Crippen LogP contribution in [0.25, 0.3) is 0 Å². The monoisotopic (exact) mass is 223 g/mol. The summed E-state index contributed by atoms with van der Waals surface area (Å²) >= 11 is 0. The molecule has 0 saturated carbocycles. The first-order valence-electron chi connectivity index (χ1n) is 4.56. The van der Waals surface area contributed by atoms with Crippen LogP contribution in [0.15, 0.2) is 0 Å². The maximum atomic E-state index is 11.6. The van der Waals surface area contributed by atoms with Gasteiger partial charge in [-0.25, -0.2) is 8.42 Å². The molecular formula is C8H17NO4S. The molecule has 1 rings (SSSR count). The Kier molecular flexibility index (Phi) is 3.52. The molecule has 1 saturated heterocycles. The summed E-state index contributed by atoms with van der Waals surface area (Å²) in [4.78, 5) is 0. The van der Waals surface area contributed by atoms with Crippen molar-refractivity contribution in [2.24, 2.45) is 0 Å². The summed E-state index contributed by atoms with van der Waals surface area (Å²) in [5, 5.41) is 9.62. The summed E-state index contributed by atoms with van der Waals surface area (Å²) in [5.74, 6) is -0.0143. The minimum absolute atomic E-state index is 0.0143. The van der Waals surface area contributed by atoms with Crippen molar-refractivity contribution in [2.45, 2.75) is 18.9 Å². The first kappa shape index (κ1) is 11.9. The molecule has 0 amide bonds. The zero-order chi connectivity index (χ0) is 10.8. The number of nitrogens with zero attached hydrogens (tertiary/aromatic N) is 1. The van der Waals surface area contributed by atoms with E-state index >= 15 is 0 Å². The van der Waals surface area contributed by atoms with E-state index in [1.54, 1.807) is 6.92 Å². The van der Waals surface area contributed by atoms with Crippen LogP contribution in [0.1, 0.15) is 13.3 Å². The number of methoxy groups -OCH3 is 1. The van der Waals surface area contributed by atoms with E-state index in [4.69, 9.17) is 4.74 Å². The standard InChI is InChI=1S/C8H17NO4S/c1-8(10)3-4-9(7-8)14(11,12)6-5-13-2/h10H,3-7H2,1-2H3. The third-order valence-corrected chi connectivity index (χ3v) is 4.14. The van der Waals surface area contributed by atoms with Gasteiger partial charge in [0.1, 0.15) is 0 Å². The number of sulfonamides is 1. The van der Waals surface area contributed by atoms with E-state index in [1.165, 1.54) is 11.4 Å². The Labute approximate surface area is 84.7 Å². The zero-order valence-corrected chi connectivity index (χ0v) is 9.38. The minimum atomic E-state index is -3.24. The lowest BCUT2D eigenvalue weighted by atomic mass is 10.1. The van der Waals surface area contributed by atoms with Crippen LogP contribution in [0.3, 0.4) is 0 Å². The predicted molar refractivity (Wildman–Crippen MR) is 52.5 cm³/mol. The maximum absolute atomic E-state index is 11.6. The smallest absolute Gasteiger partial charge is 0.216 e. The van der Waals surface area contributed by atoms with Crippen molar-refractivity contribution < 1.29 is 18.3 Å². The lowest BCUT2D eigenvalue weighted by Gasteiger charge is -2.18. The second-order valence-corrected chi connectivity index (χ2v) is 5.98. The summed E-state index contributed by atoms with van der Waals surface area (Å²) in [6.45, 7) is 2.44. The van der Waals surface area contributed by atoms with Gasteiger partial charge in [-0.1, -0.05) is 0 Å². The molecule has 0 aromatic rings. The number of rotatable bonds is 4. The first-order valence-corrected chi connectivity index (χ1v) is 6.17. The second-order valence-electron chi connectivity index (χ2n) is 3.89. The SMILES string of the molecule is COCCS(=O)(=O)N1CCC(C)(O)C1. The Bertz CT molecular complexity index is 286. The third-order valence-electron chi connectivity index (χ3n) is 2.36. The second kappa shape index (κ2) is 4.14. The fourth-order valence-corrected chi connectivity index (χ4v) is 2.94. The van der Waals surface area contributed by atoms with Crippen molar-refractivity contribution in [1.29, 1.82) is 0 Å². The molecule has 5 nitrogen and oxygen atoms in total. The molecule has 0 aromatic carbocycles. The molecule has 1 N–H and O–H groups in total. The van der Waals surface area contributed by atoms with Crippen LogP contribution in [0.4, 0.5) is 0 Å². The Morgan fingerprint density at radius 2 is 2.21 bits per heavy atom. The van der Waals surface area contributed by atoms with E-state index in [-0.39, 0.29) is 18.9 Å².